The number of piperazine rings is 1. The molecule has 2 amide bonds. The average Bonchev–Trinajstić information content (AvgIpc) is 2.89. The normalized spacial score (nSPS) is 15.6. The maximum atomic E-state index is 12.9. The molecule has 1 fully saturated rings. The lowest BCUT2D eigenvalue weighted by molar-refractivity contribution is 0.184. The van der Waals surface area contributed by atoms with Crippen molar-refractivity contribution >= 4 is 34.0 Å². The van der Waals surface area contributed by atoms with Crippen LogP contribution in [0.15, 0.2) is 72.8 Å². The van der Waals surface area contributed by atoms with Gasteiger partial charge in [-0.3, -0.25) is 0 Å². The number of nitrogens with one attached hydrogen (secondary N) is 1. The summed E-state index contributed by atoms with van der Waals surface area (Å²) in [5.74, 6) is 0.818. The average molecular weight is 464 g/mol. The molecule has 1 aromatic heterocycles. The van der Waals surface area contributed by atoms with Gasteiger partial charge in [0.15, 0.2) is 5.82 Å². The molecule has 0 radical (unpaired) electrons. The summed E-state index contributed by atoms with van der Waals surface area (Å²) in [5, 5.41) is 23.1. The molecule has 1 atom stereocenters. The molecule has 3 N–H and O–H groups in total. The Morgan fingerprint density at radius 2 is 1.71 bits per heavy atom. The quantitative estimate of drug-likeness (QED) is 0.433. The molecule has 8 nitrogen and oxygen atoms in total. The van der Waals surface area contributed by atoms with Crippen LogP contribution < -0.4 is 16.0 Å². The summed E-state index contributed by atoms with van der Waals surface area (Å²) in [6.07, 6.45) is 0. The molecule has 2 heterocycles. The maximum absolute atomic E-state index is 12.9. The highest BCUT2D eigenvalue weighted by atomic mass is 16.2. The molecule has 174 valence electrons. The van der Waals surface area contributed by atoms with Crippen LogP contribution in [0.3, 0.4) is 0 Å². The summed E-state index contributed by atoms with van der Waals surface area (Å²) in [7, 11) is 0. The molecule has 0 saturated carbocycles. The van der Waals surface area contributed by atoms with Crippen molar-refractivity contribution in [3.63, 3.8) is 0 Å². The van der Waals surface area contributed by atoms with Crippen LogP contribution in [-0.4, -0.2) is 46.8 Å². The van der Waals surface area contributed by atoms with Crippen LogP contribution in [0.4, 0.5) is 22.0 Å². The second-order valence-corrected chi connectivity index (χ2v) is 8.65. The first kappa shape index (κ1) is 22.2. The fourth-order valence-electron chi connectivity index (χ4n) is 4.45. The highest BCUT2D eigenvalue weighted by molar-refractivity contribution is 6.00. The zero-order chi connectivity index (χ0) is 24.4. The molecule has 0 aliphatic carbocycles. The monoisotopic (exact) mass is 463 g/mol. The minimum Gasteiger partial charge on any atom is -0.399 e. The number of hydrogen-bond donors (Lipinski definition) is 2. The van der Waals surface area contributed by atoms with Crippen LogP contribution in [0.1, 0.15) is 12.5 Å². The number of nitrogens with zero attached hydrogens (tertiary/aromatic N) is 5. The standard InChI is InChI=1S/C27H25N7O/c1-18-17-33(14-15-34(18)27(35)30-22-12-6-19(16-28)7-13-22)26-24-5-3-2-4-23(24)25(31-32-26)20-8-10-21(29)11-9-20/h2-13,18H,14-15,17,29H2,1H3,(H,30,35)/t18-/m0/s1. The summed E-state index contributed by atoms with van der Waals surface area (Å²) >= 11 is 0. The number of aromatic nitrogens is 2. The Balaban J connectivity index is 1.35. The van der Waals surface area contributed by atoms with E-state index in [2.05, 4.69) is 38.6 Å². The first-order valence-electron chi connectivity index (χ1n) is 11.5. The van der Waals surface area contributed by atoms with E-state index in [1.807, 2.05) is 48.2 Å². The van der Waals surface area contributed by atoms with Gasteiger partial charge < -0.3 is 20.9 Å². The van der Waals surface area contributed by atoms with Gasteiger partial charge in [-0.15, -0.1) is 10.2 Å². The predicted octanol–water partition coefficient (Wildman–Crippen LogP) is 4.49. The number of nitrogens with two attached hydrogens (primary N) is 1. The van der Waals surface area contributed by atoms with Crippen molar-refractivity contribution in [2.24, 2.45) is 0 Å². The summed E-state index contributed by atoms with van der Waals surface area (Å²) in [4.78, 5) is 16.9. The molecule has 0 spiro atoms. The van der Waals surface area contributed by atoms with E-state index < -0.39 is 0 Å². The largest absolute Gasteiger partial charge is 0.399 e. The summed E-state index contributed by atoms with van der Waals surface area (Å²) in [5.41, 5.74) is 9.56. The zero-order valence-corrected chi connectivity index (χ0v) is 19.3. The van der Waals surface area contributed by atoms with E-state index in [1.54, 1.807) is 24.3 Å². The van der Waals surface area contributed by atoms with Crippen molar-refractivity contribution in [3.05, 3.63) is 78.4 Å². The molecular formula is C27H25N7O. The molecule has 35 heavy (non-hydrogen) atoms. The van der Waals surface area contributed by atoms with E-state index in [0.29, 0.717) is 36.6 Å². The van der Waals surface area contributed by atoms with E-state index >= 15 is 0 Å². The number of carbonyl (C=O) groups is 1. The third kappa shape index (κ3) is 4.44. The molecule has 3 aromatic carbocycles. The summed E-state index contributed by atoms with van der Waals surface area (Å²) in [6.45, 7) is 3.87. The third-order valence-electron chi connectivity index (χ3n) is 6.31. The predicted molar refractivity (Wildman–Crippen MR) is 138 cm³/mol. The molecule has 0 unspecified atom stereocenters. The number of nitriles is 1. The Morgan fingerprint density at radius 1 is 1.00 bits per heavy atom. The van der Waals surface area contributed by atoms with Gasteiger partial charge in [0.05, 0.1) is 11.6 Å². The Bertz CT molecular complexity index is 1410. The lowest BCUT2D eigenvalue weighted by atomic mass is 10.0. The van der Waals surface area contributed by atoms with Crippen molar-refractivity contribution in [3.8, 4) is 17.3 Å². The van der Waals surface area contributed by atoms with Crippen LogP contribution >= 0.6 is 0 Å². The van der Waals surface area contributed by atoms with Gasteiger partial charge in [0, 0.05) is 53.4 Å². The van der Waals surface area contributed by atoms with Gasteiger partial charge in [-0.1, -0.05) is 36.4 Å². The highest BCUT2D eigenvalue weighted by Gasteiger charge is 2.29. The Kier molecular flexibility index (Phi) is 5.90. The Morgan fingerprint density at radius 3 is 2.40 bits per heavy atom. The number of amides is 2. The van der Waals surface area contributed by atoms with Crippen molar-refractivity contribution in [2.45, 2.75) is 13.0 Å². The number of fused-ring (bicyclic) bond motifs is 1. The smallest absolute Gasteiger partial charge is 0.322 e. The fraction of sp³-hybridized carbons (Fsp3) is 0.185. The Hall–Kier alpha value is -4.64. The van der Waals surface area contributed by atoms with E-state index in [9.17, 15) is 4.79 Å². The van der Waals surface area contributed by atoms with Gasteiger partial charge >= 0.3 is 6.03 Å². The fourth-order valence-corrected chi connectivity index (χ4v) is 4.45. The van der Waals surface area contributed by atoms with E-state index in [0.717, 1.165) is 27.8 Å². The Labute approximate surface area is 203 Å². The molecule has 4 aromatic rings. The lowest BCUT2D eigenvalue weighted by Crippen LogP contribution is -2.55. The molecule has 5 rings (SSSR count). The topological polar surface area (TPSA) is 111 Å². The lowest BCUT2D eigenvalue weighted by Gasteiger charge is -2.40. The zero-order valence-electron chi connectivity index (χ0n) is 19.3. The number of anilines is 3. The number of hydrogen-bond acceptors (Lipinski definition) is 6. The van der Waals surface area contributed by atoms with Gasteiger partial charge in [-0.05, 0) is 43.3 Å². The number of benzene rings is 3. The van der Waals surface area contributed by atoms with Gasteiger partial charge in [0.1, 0.15) is 5.69 Å². The minimum atomic E-state index is -0.156. The van der Waals surface area contributed by atoms with Crippen molar-refractivity contribution in [2.75, 3.05) is 35.6 Å². The first-order chi connectivity index (χ1) is 17.0. The van der Waals surface area contributed by atoms with Crippen LogP contribution in [-0.2, 0) is 0 Å². The maximum Gasteiger partial charge on any atom is 0.322 e. The number of urea groups is 1. The molecule has 1 aliphatic rings. The second-order valence-electron chi connectivity index (χ2n) is 8.65. The number of carbonyl (C=O) groups excluding carboxylic acids is 1. The van der Waals surface area contributed by atoms with Gasteiger partial charge in [-0.25, -0.2) is 4.79 Å². The first-order valence-corrected chi connectivity index (χ1v) is 11.5. The van der Waals surface area contributed by atoms with Crippen molar-refractivity contribution in [1.82, 2.24) is 15.1 Å². The molecule has 1 saturated heterocycles. The third-order valence-corrected chi connectivity index (χ3v) is 6.31. The van der Waals surface area contributed by atoms with Crippen LogP contribution in [0, 0.1) is 11.3 Å². The molecule has 1 aliphatic heterocycles. The second kappa shape index (κ2) is 9.31. The summed E-state index contributed by atoms with van der Waals surface area (Å²) in [6, 6.07) is 24.5. The van der Waals surface area contributed by atoms with Gasteiger partial charge in [0.25, 0.3) is 0 Å². The van der Waals surface area contributed by atoms with Crippen LogP contribution in [0.5, 0.6) is 0 Å². The molecular weight excluding hydrogens is 438 g/mol. The minimum absolute atomic E-state index is 0.0283. The van der Waals surface area contributed by atoms with E-state index in [-0.39, 0.29) is 12.1 Å². The number of nitrogen functional groups attached to an aromatic ring is 1. The van der Waals surface area contributed by atoms with Crippen LogP contribution in [0.25, 0.3) is 22.0 Å². The van der Waals surface area contributed by atoms with Crippen molar-refractivity contribution < 1.29 is 4.79 Å². The van der Waals surface area contributed by atoms with Crippen molar-refractivity contribution in [1.29, 1.82) is 5.26 Å². The highest BCUT2D eigenvalue weighted by Crippen LogP contribution is 2.32. The molecule has 8 heteroatoms. The SMILES string of the molecule is C[C@H]1CN(c2nnc(-c3ccc(N)cc3)c3ccccc23)CCN1C(=O)Nc1ccc(C#N)cc1. The van der Waals surface area contributed by atoms with Gasteiger partial charge in [0.2, 0.25) is 0 Å². The van der Waals surface area contributed by atoms with Crippen LogP contribution in [0.2, 0.25) is 0 Å². The van der Waals surface area contributed by atoms with E-state index in [1.165, 1.54) is 0 Å². The number of rotatable bonds is 3. The van der Waals surface area contributed by atoms with Gasteiger partial charge in [-0.2, -0.15) is 5.26 Å². The summed E-state index contributed by atoms with van der Waals surface area (Å²) < 4.78 is 0. The van der Waals surface area contributed by atoms with E-state index in [4.69, 9.17) is 11.0 Å². The molecule has 0 bridgehead atoms.